The Balaban J connectivity index is 4.32. The van der Waals surface area contributed by atoms with Crippen LogP contribution in [0.25, 0.3) is 0 Å². The first-order valence-electron chi connectivity index (χ1n) is 22.9. The van der Waals surface area contributed by atoms with Crippen molar-refractivity contribution in [1.82, 2.24) is 0 Å². The van der Waals surface area contributed by atoms with Crippen LogP contribution in [0.2, 0.25) is 0 Å². The zero-order chi connectivity index (χ0) is 44.8. The van der Waals surface area contributed by atoms with Crippen LogP contribution in [0.1, 0.15) is 155 Å². The quantitative estimate of drug-likeness (QED) is 0.0234. The van der Waals surface area contributed by atoms with Crippen molar-refractivity contribution in [2.45, 2.75) is 167 Å². The highest BCUT2D eigenvalue weighted by molar-refractivity contribution is 7.47. The predicted octanol–water partition coefficient (Wildman–Crippen LogP) is 13.1. The van der Waals surface area contributed by atoms with Crippen LogP contribution in [0, 0.1) is 0 Å². The van der Waals surface area contributed by atoms with Crippen LogP contribution < -0.4 is 5.73 Å². The summed E-state index contributed by atoms with van der Waals surface area (Å²) in [6, 6.07) is -1.49. The van der Waals surface area contributed by atoms with E-state index in [9.17, 15) is 19.0 Å². The molecule has 0 aliphatic heterocycles. The molecule has 0 aromatic heterocycles. The molecule has 0 spiro atoms. The van der Waals surface area contributed by atoms with Crippen LogP contribution >= 0.6 is 7.82 Å². The molecule has 0 aromatic carbocycles. The van der Waals surface area contributed by atoms with Crippen molar-refractivity contribution >= 4 is 19.8 Å². The molecule has 10 nitrogen and oxygen atoms in total. The molecular weight excluding hydrogens is 790 g/mol. The zero-order valence-electron chi connectivity index (χ0n) is 37.7. The molecule has 0 aliphatic rings. The fourth-order valence-electron chi connectivity index (χ4n) is 5.56. The fraction of sp³-hybridized carbons (Fsp3) is 0.600. The average molecular weight is 872 g/mol. The molecule has 3 atom stereocenters. The maximum Gasteiger partial charge on any atom is 0.472 e. The lowest BCUT2D eigenvalue weighted by atomic mass is 10.1. The Bertz CT molecular complexity index is 1380. The Morgan fingerprint density at radius 2 is 0.902 bits per heavy atom. The van der Waals surface area contributed by atoms with Gasteiger partial charge in [0, 0.05) is 13.0 Å². The van der Waals surface area contributed by atoms with Gasteiger partial charge in [-0.2, -0.15) is 0 Å². The molecule has 0 aliphatic carbocycles. The van der Waals surface area contributed by atoms with E-state index in [1.807, 2.05) is 0 Å². The number of rotatable bonds is 42. The number of allylic oxidation sites excluding steroid dienone is 18. The molecule has 11 heteroatoms. The number of aliphatic carboxylic acids is 1. The van der Waals surface area contributed by atoms with Gasteiger partial charge in [0.25, 0.3) is 0 Å². The number of phosphoric ester groups is 1. The molecule has 61 heavy (non-hydrogen) atoms. The summed E-state index contributed by atoms with van der Waals surface area (Å²) in [6.45, 7) is 3.56. The van der Waals surface area contributed by atoms with E-state index in [4.69, 9.17) is 29.4 Å². The second-order valence-electron chi connectivity index (χ2n) is 14.8. The standard InChI is InChI=1S/C50H82NO9P/c1-3-5-7-9-11-13-15-17-19-21-23-24-25-26-28-30-32-34-36-38-40-42-49(52)60-47(45-58-61(55,56)59-46-48(51)50(53)54)44-57-43-41-39-37-35-33-31-29-27-22-20-18-16-14-12-10-8-6-4-2/h5-8,11-14,17-20,23-24,26-29,47-48H,3-4,9-10,15-16,21-22,25,30-46,51H2,1-2H3,(H,53,54)(H,55,56)/b7-5-,8-6-,13-11-,14-12-,19-17-,20-18-,24-23-,28-26-,29-27-. The van der Waals surface area contributed by atoms with E-state index < -0.39 is 45.1 Å². The van der Waals surface area contributed by atoms with Gasteiger partial charge >= 0.3 is 19.8 Å². The number of hydrogen-bond donors (Lipinski definition) is 3. The third-order valence-electron chi connectivity index (χ3n) is 9.05. The molecule has 3 unspecified atom stereocenters. The lowest BCUT2D eigenvalue weighted by Gasteiger charge is -2.20. The number of ether oxygens (including phenoxy) is 2. The highest BCUT2D eigenvalue weighted by Crippen LogP contribution is 2.43. The van der Waals surface area contributed by atoms with Crippen molar-refractivity contribution < 1.29 is 42.7 Å². The van der Waals surface area contributed by atoms with Gasteiger partial charge in [-0.15, -0.1) is 0 Å². The molecule has 0 bridgehead atoms. The molecule has 0 saturated carbocycles. The highest BCUT2D eigenvalue weighted by Gasteiger charge is 2.27. The van der Waals surface area contributed by atoms with E-state index in [0.717, 1.165) is 128 Å². The lowest BCUT2D eigenvalue weighted by molar-refractivity contribution is -0.154. The smallest absolute Gasteiger partial charge is 0.472 e. The number of esters is 1. The number of carboxylic acid groups (broad SMARTS) is 1. The number of nitrogens with two attached hydrogens (primary N) is 1. The molecule has 0 rings (SSSR count). The van der Waals surface area contributed by atoms with Gasteiger partial charge in [0.05, 0.1) is 19.8 Å². The number of hydrogen-bond acceptors (Lipinski definition) is 8. The minimum atomic E-state index is -4.64. The van der Waals surface area contributed by atoms with Gasteiger partial charge in [-0.3, -0.25) is 18.6 Å². The molecule has 0 radical (unpaired) electrons. The molecule has 0 heterocycles. The van der Waals surface area contributed by atoms with Crippen LogP contribution in [0.4, 0.5) is 0 Å². The van der Waals surface area contributed by atoms with Gasteiger partial charge < -0.3 is 25.2 Å². The lowest BCUT2D eigenvalue weighted by Crippen LogP contribution is -2.34. The zero-order valence-corrected chi connectivity index (χ0v) is 38.6. The number of unbranched alkanes of at least 4 members (excludes halogenated alkanes) is 10. The van der Waals surface area contributed by atoms with Gasteiger partial charge in [0.15, 0.2) is 0 Å². The third-order valence-corrected chi connectivity index (χ3v) is 10.00. The number of carbonyl (C=O) groups excluding carboxylic acids is 1. The minimum Gasteiger partial charge on any atom is -0.480 e. The Labute approximate surface area is 370 Å². The largest absolute Gasteiger partial charge is 0.480 e. The van der Waals surface area contributed by atoms with Crippen molar-refractivity contribution in [3.63, 3.8) is 0 Å². The number of carbonyl (C=O) groups is 2. The number of phosphoric acid groups is 1. The van der Waals surface area contributed by atoms with Gasteiger partial charge in [0.1, 0.15) is 12.1 Å². The Hall–Kier alpha value is -3.37. The van der Waals surface area contributed by atoms with Crippen LogP contribution in [-0.4, -0.2) is 60.5 Å². The van der Waals surface area contributed by atoms with Gasteiger partial charge in [-0.25, -0.2) is 4.57 Å². The van der Waals surface area contributed by atoms with E-state index in [2.05, 4.69) is 123 Å². The van der Waals surface area contributed by atoms with Crippen molar-refractivity contribution in [3.8, 4) is 0 Å². The first-order chi connectivity index (χ1) is 29.7. The summed E-state index contributed by atoms with van der Waals surface area (Å²) >= 11 is 0. The van der Waals surface area contributed by atoms with Gasteiger partial charge in [0.2, 0.25) is 0 Å². The first kappa shape index (κ1) is 57.6. The summed E-state index contributed by atoms with van der Waals surface area (Å²) < 4.78 is 33.4. The third kappa shape index (κ3) is 44.5. The highest BCUT2D eigenvalue weighted by atomic mass is 31.2. The van der Waals surface area contributed by atoms with E-state index in [1.54, 1.807) is 0 Å². The summed E-state index contributed by atoms with van der Waals surface area (Å²) in [4.78, 5) is 33.6. The van der Waals surface area contributed by atoms with Crippen molar-refractivity contribution in [2.75, 3.05) is 26.4 Å². The maximum atomic E-state index is 12.7. The van der Waals surface area contributed by atoms with Crippen molar-refractivity contribution in [1.29, 1.82) is 0 Å². The summed E-state index contributed by atoms with van der Waals surface area (Å²) in [7, 11) is -4.64. The Kier molecular flexibility index (Phi) is 42.2. The van der Waals surface area contributed by atoms with Crippen molar-refractivity contribution in [2.24, 2.45) is 5.73 Å². The van der Waals surface area contributed by atoms with Crippen molar-refractivity contribution in [3.05, 3.63) is 109 Å². The molecule has 346 valence electrons. The maximum absolute atomic E-state index is 12.7. The van der Waals surface area contributed by atoms with E-state index >= 15 is 0 Å². The molecule has 0 aromatic rings. The molecule has 0 amide bonds. The SMILES string of the molecule is CC/C=C\C/C=C\C/C=C\C/C=C\C/C=C\CCCCCCCC(=O)OC(COCCCCCCC/C=C\C/C=C\C/C=C\C/C=C\CC)COP(=O)(O)OCC(N)C(=O)O. The monoisotopic (exact) mass is 872 g/mol. The second-order valence-corrected chi connectivity index (χ2v) is 16.2. The van der Waals surface area contributed by atoms with E-state index in [1.165, 1.54) is 0 Å². The van der Waals surface area contributed by atoms with Crippen LogP contribution in [0.15, 0.2) is 109 Å². The van der Waals surface area contributed by atoms with E-state index in [-0.39, 0.29) is 13.0 Å². The predicted molar refractivity (Wildman–Crippen MR) is 253 cm³/mol. The summed E-state index contributed by atoms with van der Waals surface area (Å²) in [5.74, 6) is -1.82. The van der Waals surface area contributed by atoms with E-state index in [0.29, 0.717) is 13.0 Å². The van der Waals surface area contributed by atoms with Crippen LogP contribution in [0.5, 0.6) is 0 Å². The normalized spacial score (nSPS) is 14.8. The van der Waals surface area contributed by atoms with Crippen LogP contribution in [-0.2, 0) is 32.7 Å². The minimum absolute atomic E-state index is 0.0119. The second kappa shape index (κ2) is 44.7. The summed E-state index contributed by atoms with van der Waals surface area (Å²) in [5, 5.41) is 8.91. The summed E-state index contributed by atoms with van der Waals surface area (Å²) in [5.41, 5.74) is 5.36. The number of carboxylic acids is 1. The van der Waals surface area contributed by atoms with Crippen LogP contribution in [0.3, 0.4) is 0 Å². The van der Waals surface area contributed by atoms with Gasteiger partial charge in [-0.05, 0) is 96.3 Å². The first-order valence-corrected chi connectivity index (χ1v) is 24.4. The molecular formula is C50H82NO9P. The topological polar surface area (TPSA) is 155 Å². The summed E-state index contributed by atoms with van der Waals surface area (Å²) in [6.07, 6.45) is 59.9. The fourth-order valence-corrected chi connectivity index (χ4v) is 6.34. The molecule has 4 N–H and O–H groups in total. The molecule has 0 fully saturated rings. The molecule has 0 saturated heterocycles. The Morgan fingerprint density at radius 3 is 1.34 bits per heavy atom. The van der Waals surface area contributed by atoms with Gasteiger partial charge in [-0.1, -0.05) is 162 Å². The average Bonchev–Trinajstić information content (AvgIpc) is 3.24. The Morgan fingerprint density at radius 1 is 0.525 bits per heavy atom.